The number of hydrogen-bond donors (Lipinski definition) is 0. The molecule has 29 heavy (non-hydrogen) atoms. The van der Waals surface area contributed by atoms with Crippen LogP contribution in [0.1, 0.15) is 16.2 Å². The summed E-state index contributed by atoms with van der Waals surface area (Å²) in [5.74, 6) is 0.169. The van der Waals surface area contributed by atoms with E-state index >= 15 is 0 Å². The number of rotatable bonds is 5. The summed E-state index contributed by atoms with van der Waals surface area (Å²) in [6.07, 6.45) is 1.59. The SMILES string of the molecule is COC(=O)c1ncc2c(n1)c(-c1ccc(Cl)cc1)nn2Cc1ccc(OC)cc1. The monoisotopic (exact) mass is 408 g/mol. The van der Waals surface area contributed by atoms with Gasteiger partial charge in [-0.15, -0.1) is 0 Å². The van der Waals surface area contributed by atoms with Gasteiger partial charge in [-0.2, -0.15) is 5.10 Å². The van der Waals surface area contributed by atoms with Crippen LogP contribution in [0.3, 0.4) is 0 Å². The first-order valence-corrected chi connectivity index (χ1v) is 9.17. The molecule has 0 fully saturated rings. The van der Waals surface area contributed by atoms with Gasteiger partial charge in [0.2, 0.25) is 5.82 Å². The van der Waals surface area contributed by atoms with Gasteiger partial charge in [-0.25, -0.2) is 14.8 Å². The number of benzene rings is 2. The molecular weight excluding hydrogens is 392 g/mol. The highest BCUT2D eigenvalue weighted by molar-refractivity contribution is 6.30. The van der Waals surface area contributed by atoms with Crippen LogP contribution in [-0.2, 0) is 11.3 Å². The molecular formula is C21H17ClN4O3. The Labute approximate surface area is 171 Å². The van der Waals surface area contributed by atoms with Crippen molar-refractivity contribution in [1.82, 2.24) is 19.7 Å². The molecule has 0 bridgehead atoms. The molecule has 2 aromatic carbocycles. The van der Waals surface area contributed by atoms with Crippen LogP contribution < -0.4 is 4.74 Å². The van der Waals surface area contributed by atoms with E-state index < -0.39 is 5.97 Å². The molecule has 0 saturated heterocycles. The summed E-state index contributed by atoms with van der Waals surface area (Å²) in [5.41, 5.74) is 3.78. The minimum absolute atomic E-state index is 0.0146. The summed E-state index contributed by atoms with van der Waals surface area (Å²) in [6, 6.07) is 15.0. The fourth-order valence-electron chi connectivity index (χ4n) is 2.98. The first-order chi connectivity index (χ1) is 14.1. The Morgan fingerprint density at radius 1 is 1.07 bits per heavy atom. The van der Waals surface area contributed by atoms with Crippen molar-refractivity contribution in [3.8, 4) is 17.0 Å². The molecule has 0 aliphatic carbocycles. The van der Waals surface area contributed by atoms with Crippen molar-refractivity contribution in [1.29, 1.82) is 0 Å². The van der Waals surface area contributed by atoms with Gasteiger partial charge in [0, 0.05) is 10.6 Å². The van der Waals surface area contributed by atoms with E-state index in [0.29, 0.717) is 28.3 Å². The van der Waals surface area contributed by atoms with Crippen LogP contribution >= 0.6 is 11.6 Å². The summed E-state index contributed by atoms with van der Waals surface area (Å²) in [4.78, 5) is 20.5. The van der Waals surface area contributed by atoms with E-state index in [1.165, 1.54) is 7.11 Å². The van der Waals surface area contributed by atoms with E-state index in [2.05, 4.69) is 9.97 Å². The number of ether oxygens (including phenoxy) is 2. The fourth-order valence-corrected chi connectivity index (χ4v) is 3.10. The molecule has 0 unspecified atom stereocenters. The minimum Gasteiger partial charge on any atom is -0.497 e. The Morgan fingerprint density at radius 2 is 1.79 bits per heavy atom. The standard InChI is InChI=1S/C21H17ClN4O3/c1-28-16-9-3-13(4-10-16)12-26-17-11-23-20(21(27)29-2)24-19(17)18(25-26)14-5-7-15(22)8-6-14/h3-11H,12H2,1-2H3. The van der Waals surface area contributed by atoms with Gasteiger partial charge < -0.3 is 9.47 Å². The number of esters is 1. The van der Waals surface area contributed by atoms with Gasteiger partial charge in [-0.1, -0.05) is 35.9 Å². The molecule has 0 amide bonds. The van der Waals surface area contributed by atoms with Gasteiger partial charge in [-0.05, 0) is 29.8 Å². The lowest BCUT2D eigenvalue weighted by Crippen LogP contribution is -2.07. The van der Waals surface area contributed by atoms with Crippen LogP contribution in [0.15, 0.2) is 54.7 Å². The number of fused-ring (bicyclic) bond motifs is 1. The van der Waals surface area contributed by atoms with Gasteiger partial charge in [0.25, 0.3) is 0 Å². The summed E-state index contributed by atoms with van der Waals surface area (Å²) >= 11 is 6.02. The molecule has 0 radical (unpaired) electrons. The third kappa shape index (κ3) is 3.77. The molecule has 7 nitrogen and oxygen atoms in total. The zero-order valence-corrected chi connectivity index (χ0v) is 16.6. The van der Waals surface area contributed by atoms with Crippen LogP contribution in [0.2, 0.25) is 5.02 Å². The summed E-state index contributed by atoms with van der Waals surface area (Å²) < 4.78 is 11.8. The van der Waals surface area contributed by atoms with Crippen molar-refractivity contribution in [2.45, 2.75) is 6.54 Å². The van der Waals surface area contributed by atoms with Gasteiger partial charge in [0.15, 0.2) is 0 Å². The van der Waals surface area contributed by atoms with E-state index in [9.17, 15) is 4.79 Å². The van der Waals surface area contributed by atoms with E-state index in [0.717, 1.165) is 16.9 Å². The highest BCUT2D eigenvalue weighted by Gasteiger charge is 2.18. The maximum atomic E-state index is 11.9. The molecule has 2 heterocycles. The highest BCUT2D eigenvalue weighted by Crippen LogP contribution is 2.28. The van der Waals surface area contributed by atoms with Crippen LogP contribution in [0.25, 0.3) is 22.3 Å². The third-order valence-corrected chi connectivity index (χ3v) is 4.72. The number of carbonyl (C=O) groups is 1. The molecule has 8 heteroatoms. The van der Waals surface area contributed by atoms with Crippen LogP contribution in [0.4, 0.5) is 0 Å². The Balaban J connectivity index is 1.83. The minimum atomic E-state index is -0.600. The molecule has 4 rings (SSSR count). The van der Waals surface area contributed by atoms with Crippen molar-refractivity contribution in [2.75, 3.05) is 14.2 Å². The summed E-state index contributed by atoms with van der Waals surface area (Å²) in [6.45, 7) is 0.509. The van der Waals surface area contributed by atoms with Gasteiger partial charge in [-0.3, -0.25) is 4.68 Å². The topological polar surface area (TPSA) is 79.1 Å². The average molecular weight is 409 g/mol. The second kappa shape index (κ2) is 7.89. The van der Waals surface area contributed by atoms with Gasteiger partial charge >= 0.3 is 5.97 Å². The number of halogens is 1. The maximum Gasteiger partial charge on any atom is 0.376 e. The molecule has 0 spiro atoms. The van der Waals surface area contributed by atoms with Gasteiger partial charge in [0.1, 0.15) is 22.5 Å². The molecule has 4 aromatic rings. The number of aromatic nitrogens is 4. The molecule has 0 N–H and O–H groups in total. The Morgan fingerprint density at radius 3 is 2.45 bits per heavy atom. The molecule has 0 aliphatic rings. The predicted molar refractivity (Wildman–Crippen MR) is 109 cm³/mol. The average Bonchev–Trinajstić information content (AvgIpc) is 3.12. The molecule has 0 aliphatic heterocycles. The quantitative estimate of drug-likeness (QED) is 0.464. The Hall–Kier alpha value is -3.45. The largest absolute Gasteiger partial charge is 0.497 e. The normalized spacial score (nSPS) is 10.9. The van der Waals surface area contributed by atoms with Crippen LogP contribution in [-0.4, -0.2) is 39.9 Å². The van der Waals surface area contributed by atoms with Crippen molar-refractivity contribution in [2.24, 2.45) is 0 Å². The maximum absolute atomic E-state index is 11.9. The van der Waals surface area contributed by atoms with Crippen molar-refractivity contribution < 1.29 is 14.3 Å². The number of nitrogens with zero attached hydrogens (tertiary/aromatic N) is 4. The van der Waals surface area contributed by atoms with E-state index in [1.54, 1.807) is 25.4 Å². The molecule has 146 valence electrons. The summed E-state index contributed by atoms with van der Waals surface area (Å²) in [5, 5.41) is 5.37. The molecule has 0 saturated carbocycles. The second-order valence-electron chi connectivity index (χ2n) is 6.28. The first-order valence-electron chi connectivity index (χ1n) is 8.80. The number of methoxy groups -OCH3 is 2. The molecule has 2 aromatic heterocycles. The zero-order valence-electron chi connectivity index (χ0n) is 15.8. The Kier molecular flexibility index (Phi) is 5.14. The highest BCUT2D eigenvalue weighted by atomic mass is 35.5. The van der Waals surface area contributed by atoms with Crippen molar-refractivity contribution in [3.05, 3.63) is 71.1 Å². The summed E-state index contributed by atoms with van der Waals surface area (Å²) in [7, 11) is 2.92. The van der Waals surface area contributed by atoms with E-state index in [4.69, 9.17) is 26.2 Å². The smallest absolute Gasteiger partial charge is 0.376 e. The first kappa shape index (κ1) is 18.9. The third-order valence-electron chi connectivity index (χ3n) is 4.47. The number of carbonyl (C=O) groups excluding carboxylic acids is 1. The van der Waals surface area contributed by atoms with Crippen LogP contribution in [0.5, 0.6) is 5.75 Å². The Bertz CT molecular complexity index is 1170. The predicted octanol–water partition coefficient (Wildman–Crippen LogP) is 3.99. The van der Waals surface area contributed by atoms with Gasteiger partial charge in [0.05, 0.1) is 27.0 Å². The second-order valence-corrected chi connectivity index (χ2v) is 6.72. The molecule has 0 atom stereocenters. The fraction of sp³-hybridized carbons (Fsp3) is 0.143. The lowest BCUT2D eigenvalue weighted by Gasteiger charge is -2.05. The van der Waals surface area contributed by atoms with Crippen molar-refractivity contribution >= 4 is 28.6 Å². The van der Waals surface area contributed by atoms with Crippen molar-refractivity contribution in [3.63, 3.8) is 0 Å². The van der Waals surface area contributed by atoms with Crippen LogP contribution in [0, 0.1) is 0 Å². The lowest BCUT2D eigenvalue weighted by molar-refractivity contribution is 0.0587. The van der Waals surface area contributed by atoms with E-state index in [1.807, 2.05) is 41.1 Å². The zero-order chi connectivity index (χ0) is 20.4. The van der Waals surface area contributed by atoms with E-state index in [-0.39, 0.29) is 5.82 Å². The number of hydrogen-bond acceptors (Lipinski definition) is 6. The lowest BCUT2D eigenvalue weighted by atomic mass is 10.1.